The fraction of sp³-hybridized carbons (Fsp3) is 1.00. The molecule has 0 heterocycles. The van der Waals surface area contributed by atoms with Gasteiger partial charge in [-0.2, -0.15) is 0 Å². The Morgan fingerprint density at radius 1 is 1.00 bits per heavy atom. The molecule has 0 saturated heterocycles. The maximum Gasteiger partial charge on any atom is 0.158 e. The Labute approximate surface area is 99.5 Å². The second-order valence-corrected chi connectivity index (χ2v) is 3.69. The van der Waals surface area contributed by atoms with Gasteiger partial charge in [0.25, 0.3) is 0 Å². The van der Waals surface area contributed by atoms with Gasteiger partial charge in [-0.25, -0.2) is 0 Å². The Morgan fingerprint density at radius 2 is 1.62 bits per heavy atom. The van der Waals surface area contributed by atoms with Gasteiger partial charge in [0, 0.05) is 32.7 Å². The Kier molecular flexibility index (Phi) is 11.2. The van der Waals surface area contributed by atoms with E-state index in [4.69, 9.17) is 14.6 Å². The minimum Gasteiger partial charge on any atom is -0.395 e. The van der Waals surface area contributed by atoms with Gasteiger partial charge in [-0.05, 0) is 26.8 Å². The van der Waals surface area contributed by atoms with E-state index in [1.54, 1.807) is 0 Å². The van der Waals surface area contributed by atoms with E-state index in [2.05, 4.69) is 11.8 Å². The van der Waals surface area contributed by atoms with E-state index >= 15 is 0 Å². The number of aliphatic hydroxyl groups excluding tert-OH is 1. The zero-order valence-corrected chi connectivity index (χ0v) is 10.9. The first kappa shape index (κ1) is 15.8. The second-order valence-electron chi connectivity index (χ2n) is 3.69. The molecule has 4 heteroatoms. The second kappa shape index (κ2) is 11.3. The SMILES string of the molecule is CCCN(CCO)CCC(OCC)OCC. The highest BCUT2D eigenvalue weighted by molar-refractivity contribution is 4.58. The largest absolute Gasteiger partial charge is 0.395 e. The summed E-state index contributed by atoms with van der Waals surface area (Å²) in [5.41, 5.74) is 0. The van der Waals surface area contributed by atoms with Gasteiger partial charge in [-0.15, -0.1) is 0 Å². The third-order valence-electron chi connectivity index (χ3n) is 2.34. The van der Waals surface area contributed by atoms with Gasteiger partial charge in [0.1, 0.15) is 0 Å². The molecule has 16 heavy (non-hydrogen) atoms. The molecule has 0 aromatic heterocycles. The Hall–Kier alpha value is -0.160. The lowest BCUT2D eigenvalue weighted by atomic mass is 10.3. The lowest BCUT2D eigenvalue weighted by Gasteiger charge is -2.23. The number of rotatable bonds is 11. The van der Waals surface area contributed by atoms with Gasteiger partial charge < -0.3 is 19.5 Å². The van der Waals surface area contributed by atoms with Gasteiger partial charge in [-0.3, -0.25) is 0 Å². The van der Waals surface area contributed by atoms with Crippen molar-refractivity contribution in [2.75, 3.05) is 39.5 Å². The molecule has 0 saturated carbocycles. The van der Waals surface area contributed by atoms with Crippen molar-refractivity contribution < 1.29 is 14.6 Å². The van der Waals surface area contributed by atoms with Crippen molar-refractivity contribution in [3.8, 4) is 0 Å². The molecule has 0 amide bonds. The molecule has 0 atom stereocenters. The van der Waals surface area contributed by atoms with Crippen LogP contribution in [0.4, 0.5) is 0 Å². The Bertz CT molecular complexity index is 116. The van der Waals surface area contributed by atoms with Gasteiger partial charge >= 0.3 is 0 Å². The topological polar surface area (TPSA) is 41.9 Å². The van der Waals surface area contributed by atoms with E-state index in [9.17, 15) is 0 Å². The van der Waals surface area contributed by atoms with E-state index in [1.807, 2.05) is 13.8 Å². The first-order valence-corrected chi connectivity index (χ1v) is 6.34. The molecule has 4 nitrogen and oxygen atoms in total. The normalized spacial score (nSPS) is 11.6. The molecule has 0 bridgehead atoms. The molecule has 0 aliphatic heterocycles. The molecule has 1 N–H and O–H groups in total. The predicted molar refractivity (Wildman–Crippen MR) is 65.5 cm³/mol. The van der Waals surface area contributed by atoms with Gasteiger partial charge in [0.05, 0.1) is 6.61 Å². The summed E-state index contributed by atoms with van der Waals surface area (Å²) in [7, 11) is 0. The number of hydrogen-bond donors (Lipinski definition) is 1. The summed E-state index contributed by atoms with van der Waals surface area (Å²) in [6, 6.07) is 0. The monoisotopic (exact) mass is 233 g/mol. The third kappa shape index (κ3) is 8.05. The predicted octanol–water partition coefficient (Wildman–Crippen LogP) is 1.48. The van der Waals surface area contributed by atoms with Crippen molar-refractivity contribution in [1.82, 2.24) is 4.90 Å². The van der Waals surface area contributed by atoms with Crippen molar-refractivity contribution in [2.45, 2.75) is 39.9 Å². The zero-order valence-electron chi connectivity index (χ0n) is 10.9. The van der Waals surface area contributed by atoms with Crippen molar-refractivity contribution in [1.29, 1.82) is 0 Å². The minimum atomic E-state index is -0.104. The van der Waals surface area contributed by atoms with Crippen LogP contribution in [0, 0.1) is 0 Å². The fourth-order valence-electron chi connectivity index (χ4n) is 1.67. The highest BCUT2D eigenvalue weighted by atomic mass is 16.7. The van der Waals surface area contributed by atoms with Crippen LogP contribution in [0.5, 0.6) is 0 Å². The lowest BCUT2D eigenvalue weighted by Crippen LogP contribution is -2.32. The summed E-state index contributed by atoms with van der Waals surface area (Å²) in [4.78, 5) is 2.24. The number of nitrogens with zero attached hydrogens (tertiary/aromatic N) is 1. The number of ether oxygens (including phenoxy) is 2. The van der Waals surface area contributed by atoms with Gasteiger partial charge in [0.2, 0.25) is 0 Å². The first-order chi connectivity index (χ1) is 7.78. The molecular weight excluding hydrogens is 206 g/mol. The van der Waals surface area contributed by atoms with E-state index in [0.29, 0.717) is 13.2 Å². The molecule has 0 rings (SSSR count). The first-order valence-electron chi connectivity index (χ1n) is 6.34. The smallest absolute Gasteiger partial charge is 0.158 e. The highest BCUT2D eigenvalue weighted by Crippen LogP contribution is 2.03. The Morgan fingerprint density at radius 3 is 2.06 bits per heavy atom. The molecule has 0 aromatic carbocycles. The van der Waals surface area contributed by atoms with Crippen LogP contribution in [-0.4, -0.2) is 55.8 Å². The molecule has 0 aromatic rings. The van der Waals surface area contributed by atoms with Gasteiger partial charge in [-0.1, -0.05) is 6.92 Å². The molecule has 0 aliphatic rings. The van der Waals surface area contributed by atoms with E-state index in [0.717, 1.165) is 32.5 Å². The Balaban J connectivity index is 3.83. The number of aliphatic hydroxyl groups is 1. The van der Waals surface area contributed by atoms with E-state index in [-0.39, 0.29) is 12.9 Å². The molecule has 0 aliphatic carbocycles. The summed E-state index contributed by atoms with van der Waals surface area (Å²) in [5, 5.41) is 8.93. The van der Waals surface area contributed by atoms with Crippen molar-refractivity contribution in [3.05, 3.63) is 0 Å². The average molecular weight is 233 g/mol. The van der Waals surface area contributed by atoms with E-state index < -0.39 is 0 Å². The summed E-state index contributed by atoms with van der Waals surface area (Å²) in [5.74, 6) is 0. The van der Waals surface area contributed by atoms with Crippen LogP contribution in [0.25, 0.3) is 0 Å². The molecule has 0 fully saturated rings. The van der Waals surface area contributed by atoms with Crippen LogP contribution < -0.4 is 0 Å². The quantitative estimate of drug-likeness (QED) is 0.549. The molecule has 98 valence electrons. The van der Waals surface area contributed by atoms with Gasteiger partial charge in [0.15, 0.2) is 6.29 Å². The maximum atomic E-state index is 8.93. The number of hydrogen-bond acceptors (Lipinski definition) is 4. The fourth-order valence-corrected chi connectivity index (χ4v) is 1.67. The van der Waals surface area contributed by atoms with Crippen LogP contribution in [0.2, 0.25) is 0 Å². The van der Waals surface area contributed by atoms with Crippen molar-refractivity contribution >= 4 is 0 Å². The molecular formula is C12H27NO3. The van der Waals surface area contributed by atoms with Crippen LogP contribution >= 0.6 is 0 Å². The summed E-state index contributed by atoms with van der Waals surface area (Å²) in [6.07, 6.45) is 1.86. The third-order valence-corrected chi connectivity index (χ3v) is 2.34. The van der Waals surface area contributed by atoms with Crippen molar-refractivity contribution in [2.24, 2.45) is 0 Å². The minimum absolute atomic E-state index is 0.104. The molecule has 0 unspecified atom stereocenters. The van der Waals surface area contributed by atoms with Crippen LogP contribution in [-0.2, 0) is 9.47 Å². The van der Waals surface area contributed by atoms with Crippen LogP contribution in [0.15, 0.2) is 0 Å². The van der Waals surface area contributed by atoms with E-state index in [1.165, 1.54) is 0 Å². The molecule has 0 radical (unpaired) electrons. The summed E-state index contributed by atoms with van der Waals surface area (Å²) < 4.78 is 11.0. The van der Waals surface area contributed by atoms with Crippen molar-refractivity contribution in [3.63, 3.8) is 0 Å². The maximum absolute atomic E-state index is 8.93. The summed E-state index contributed by atoms with van der Waals surface area (Å²) in [6.45, 7) is 10.3. The van der Waals surface area contributed by atoms with Crippen LogP contribution in [0.1, 0.15) is 33.6 Å². The summed E-state index contributed by atoms with van der Waals surface area (Å²) >= 11 is 0. The molecule has 0 spiro atoms. The zero-order chi connectivity index (χ0) is 12.2. The lowest BCUT2D eigenvalue weighted by molar-refractivity contribution is -0.141. The van der Waals surface area contributed by atoms with Crippen LogP contribution in [0.3, 0.4) is 0 Å². The highest BCUT2D eigenvalue weighted by Gasteiger charge is 2.10. The average Bonchev–Trinajstić information content (AvgIpc) is 2.27. The standard InChI is InChI=1S/C12H27NO3/c1-4-8-13(10-11-14)9-7-12(15-5-2)16-6-3/h12,14H,4-11H2,1-3H3.